The van der Waals surface area contributed by atoms with Crippen LogP contribution in [0.2, 0.25) is 0 Å². The minimum Gasteiger partial charge on any atom is -0.443 e. The summed E-state index contributed by atoms with van der Waals surface area (Å²) in [6.45, 7) is 4.60. The molecule has 3 aromatic rings. The topological polar surface area (TPSA) is 63.0 Å². The van der Waals surface area contributed by atoms with Crippen LogP contribution >= 0.6 is 0 Å². The molecule has 4 rings (SSSR count). The van der Waals surface area contributed by atoms with Gasteiger partial charge < -0.3 is 15.1 Å². The number of aromatic nitrogens is 2. The van der Waals surface area contributed by atoms with E-state index in [1.54, 1.807) is 6.07 Å². The maximum Gasteiger partial charge on any atom is 0.231 e. The van der Waals surface area contributed by atoms with Gasteiger partial charge in [0.1, 0.15) is 23.7 Å². The summed E-state index contributed by atoms with van der Waals surface area (Å²) < 4.78 is 19.1. The van der Waals surface area contributed by atoms with Crippen molar-refractivity contribution in [2.24, 2.45) is 0 Å². The van der Waals surface area contributed by atoms with Crippen molar-refractivity contribution in [1.29, 1.82) is 0 Å². The lowest BCUT2D eigenvalue weighted by atomic mass is 10.1. The molecule has 1 aliphatic rings. The van der Waals surface area contributed by atoms with Crippen molar-refractivity contribution in [3.63, 3.8) is 0 Å². The second-order valence-electron chi connectivity index (χ2n) is 6.59. The summed E-state index contributed by atoms with van der Waals surface area (Å²) in [6, 6.07) is 6.41. The van der Waals surface area contributed by atoms with Crippen LogP contribution in [0.15, 0.2) is 35.0 Å². The average Bonchev–Trinajstić information content (AvgIpc) is 3.17. The molecule has 2 heterocycles. The number of hydrogen-bond acceptors (Lipinski definition) is 5. The van der Waals surface area contributed by atoms with Gasteiger partial charge in [-0.2, -0.15) is 0 Å². The lowest BCUT2D eigenvalue weighted by Crippen LogP contribution is -2.17. The van der Waals surface area contributed by atoms with E-state index in [-0.39, 0.29) is 11.4 Å². The maximum atomic E-state index is 13.3. The zero-order chi connectivity index (χ0) is 16.7. The molecular formula is C18H19FN4O. The first-order chi connectivity index (χ1) is 11.5. The predicted octanol–water partition coefficient (Wildman–Crippen LogP) is 4.25. The molecule has 0 unspecified atom stereocenters. The van der Waals surface area contributed by atoms with Gasteiger partial charge in [0.2, 0.25) is 5.71 Å². The molecule has 124 valence electrons. The zero-order valence-electron chi connectivity index (χ0n) is 13.7. The van der Waals surface area contributed by atoms with E-state index in [0.717, 1.165) is 41.1 Å². The summed E-state index contributed by atoms with van der Waals surface area (Å²) in [7, 11) is 0. The largest absolute Gasteiger partial charge is 0.443 e. The van der Waals surface area contributed by atoms with Crippen LogP contribution in [0.4, 0.5) is 15.9 Å². The highest BCUT2D eigenvalue weighted by Gasteiger charge is 2.38. The number of nitrogens with one attached hydrogen (secondary N) is 2. The molecule has 0 aliphatic heterocycles. The second-order valence-corrected chi connectivity index (χ2v) is 6.59. The number of benzene rings is 1. The van der Waals surface area contributed by atoms with E-state index in [1.165, 1.54) is 18.5 Å². The van der Waals surface area contributed by atoms with Crippen LogP contribution in [0, 0.1) is 12.7 Å². The van der Waals surface area contributed by atoms with Gasteiger partial charge in [0.05, 0.1) is 5.39 Å². The van der Waals surface area contributed by atoms with Crippen LogP contribution in [-0.2, 0) is 6.54 Å². The standard InChI is InChI=1S/C18H19FN4O/c1-11-14(9-20-13-5-3-4-12(19)8-13)15-16(23-18(2)6-7-18)21-10-22-17(15)24-11/h3-5,8,10,20H,6-7,9H2,1-2H3,(H,21,22,23). The van der Waals surface area contributed by atoms with Gasteiger partial charge in [-0.3, -0.25) is 0 Å². The molecular weight excluding hydrogens is 307 g/mol. The Morgan fingerprint density at radius 3 is 2.88 bits per heavy atom. The first-order valence-electron chi connectivity index (χ1n) is 8.05. The van der Waals surface area contributed by atoms with Crippen molar-refractivity contribution in [3.8, 4) is 0 Å². The highest BCUT2D eigenvalue weighted by molar-refractivity contribution is 5.90. The number of nitrogens with zero attached hydrogens (tertiary/aromatic N) is 2. The van der Waals surface area contributed by atoms with Gasteiger partial charge in [0.25, 0.3) is 0 Å². The van der Waals surface area contributed by atoms with Crippen molar-refractivity contribution >= 4 is 22.6 Å². The molecule has 1 aromatic carbocycles. The fraction of sp³-hybridized carbons (Fsp3) is 0.333. The minimum atomic E-state index is -0.263. The molecule has 0 bridgehead atoms. The van der Waals surface area contributed by atoms with Crippen molar-refractivity contribution in [1.82, 2.24) is 9.97 Å². The first-order valence-corrected chi connectivity index (χ1v) is 8.05. The molecule has 0 saturated heterocycles. The smallest absolute Gasteiger partial charge is 0.231 e. The Labute approximate surface area is 139 Å². The van der Waals surface area contributed by atoms with Crippen LogP contribution < -0.4 is 10.6 Å². The monoisotopic (exact) mass is 326 g/mol. The number of rotatable bonds is 5. The Kier molecular flexibility index (Phi) is 3.40. The number of furan rings is 1. The molecule has 1 saturated carbocycles. The SMILES string of the molecule is Cc1oc2ncnc(NC3(C)CC3)c2c1CNc1cccc(F)c1. The predicted molar refractivity (Wildman–Crippen MR) is 91.5 cm³/mol. The van der Waals surface area contributed by atoms with E-state index in [9.17, 15) is 4.39 Å². The van der Waals surface area contributed by atoms with Gasteiger partial charge in [-0.25, -0.2) is 14.4 Å². The molecule has 24 heavy (non-hydrogen) atoms. The number of fused-ring (bicyclic) bond motifs is 1. The van der Waals surface area contributed by atoms with Gasteiger partial charge >= 0.3 is 0 Å². The summed E-state index contributed by atoms with van der Waals surface area (Å²) in [4.78, 5) is 8.64. The molecule has 2 N–H and O–H groups in total. The van der Waals surface area contributed by atoms with Crippen LogP contribution in [0.1, 0.15) is 31.1 Å². The van der Waals surface area contributed by atoms with E-state index in [1.807, 2.05) is 13.0 Å². The Bertz CT molecular complexity index is 901. The van der Waals surface area contributed by atoms with Crippen LogP contribution in [0.25, 0.3) is 11.1 Å². The molecule has 6 heteroatoms. The fourth-order valence-electron chi connectivity index (χ4n) is 2.80. The molecule has 0 atom stereocenters. The number of halogens is 1. The van der Waals surface area contributed by atoms with Crippen LogP contribution in [-0.4, -0.2) is 15.5 Å². The third-order valence-corrected chi connectivity index (χ3v) is 4.50. The third-order valence-electron chi connectivity index (χ3n) is 4.50. The van der Waals surface area contributed by atoms with Gasteiger partial charge in [-0.1, -0.05) is 6.07 Å². The summed E-state index contributed by atoms with van der Waals surface area (Å²) in [5.41, 5.74) is 2.40. The number of aryl methyl sites for hydroxylation is 1. The number of hydrogen-bond donors (Lipinski definition) is 2. The molecule has 1 aliphatic carbocycles. The molecule has 0 spiro atoms. The Hall–Kier alpha value is -2.63. The van der Waals surface area contributed by atoms with Gasteiger partial charge in [0.15, 0.2) is 0 Å². The van der Waals surface area contributed by atoms with Crippen molar-refractivity contribution in [2.45, 2.75) is 38.8 Å². The Morgan fingerprint density at radius 1 is 1.29 bits per heavy atom. The van der Waals surface area contributed by atoms with Crippen LogP contribution in [0.3, 0.4) is 0 Å². The van der Waals surface area contributed by atoms with E-state index in [0.29, 0.717) is 12.3 Å². The van der Waals surface area contributed by atoms with Gasteiger partial charge in [0, 0.05) is 23.3 Å². The summed E-state index contributed by atoms with van der Waals surface area (Å²) in [6.07, 6.45) is 3.78. The van der Waals surface area contributed by atoms with Crippen molar-refractivity contribution in [2.75, 3.05) is 10.6 Å². The third kappa shape index (κ3) is 2.79. The van der Waals surface area contributed by atoms with Crippen molar-refractivity contribution in [3.05, 3.63) is 47.7 Å². The second kappa shape index (κ2) is 5.47. The molecule has 0 radical (unpaired) electrons. The lowest BCUT2D eigenvalue weighted by molar-refractivity contribution is 0.562. The van der Waals surface area contributed by atoms with Crippen molar-refractivity contribution < 1.29 is 8.81 Å². The number of anilines is 2. The molecule has 2 aromatic heterocycles. The first kappa shape index (κ1) is 14.9. The quantitative estimate of drug-likeness (QED) is 0.734. The van der Waals surface area contributed by atoms with Gasteiger partial charge in [-0.05, 0) is 44.9 Å². The Balaban J connectivity index is 1.67. The minimum absolute atomic E-state index is 0.111. The average molecular weight is 326 g/mol. The fourth-order valence-corrected chi connectivity index (χ4v) is 2.80. The summed E-state index contributed by atoms with van der Waals surface area (Å²) in [5.74, 6) is 1.33. The van der Waals surface area contributed by atoms with E-state index in [2.05, 4.69) is 27.5 Å². The van der Waals surface area contributed by atoms with E-state index >= 15 is 0 Å². The van der Waals surface area contributed by atoms with E-state index < -0.39 is 0 Å². The lowest BCUT2D eigenvalue weighted by Gasteiger charge is -2.13. The summed E-state index contributed by atoms with van der Waals surface area (Å²) >= 11 is 0. The highest BCUT2D eigenvalue weighted by atomic mass is 19.1. The maximum absolute atomic E-state index is 13.3. The zero-order valence-corrected chi connectivity index (χ0v) is 13.7. The highest BCUT2D eigenvalue weighted by Crippen LogP contribution is 2.40. The van der Waals surface area contributed by atoms with Crippen LogP contribution in [0.5, 0.6) is 0 Å². The van der Waals surface area contributed by atoms with Gasteiger partial charge in [-0.15, -0.1) is 0 Å². The van der Waals surface area contributed by atoms with E-state index in [4.69, 9.17) is 4.42 Å². The normalized spacial score (nSPS) is 15.5. The molecule has 1 fully saturated rings. The Morgan fingerprint density at radius 2 is 2.12 bits per heavy atom. The molecule has 5 nitrogen and oxygen atoms in total. The molecule has 0 amide bonds. The summed E-state index contributed by atoms with van der Waals surface area (Å²) in [5, 5.41) is 7.64.